The van der Waals surface area contributed by atoms with E-state index in [1.807, 2.05) is 12.1 Å². The Balaban J connectivity index is 1.11. The van der Waals surface area contributed by atoms with Gasteiger partial charge in [-0.15, -0.1) is 0 Å². The Morgan fingerprint density at radius 3 is 2.67 bits per heavy atom. The summed E-state index contributed by atoms with van der Waals surface area (Å²) in [6, 6.07) is 11.4. The number of carbonyl (C=O) groups excluding carboxylic acids is 2. The maximum Gasteiger partial charge on any atom is 0.321 e. The first-order valence-electron chi connectivity index (χ1n) is 12.0. The van der Waals surface area contributed by atoms with Crippen molar-refractivity contribution in [3.8, 4) is 17.0 Å². The molecule has 1 saturated heterocycles. The van der Waals surface area contributed by atoms with E-state index in [1.54, 1.807) is 35.4 Å². The van der Waals surface area contributed by atoms with E-state index in [4.69, 9.17) is 9.47 Å². The van der Waals surface area contributed by atoms with Crippen molar-refractivity contribution in [1.82, 2.24) is 25.2 Å². The number of aromatic amines is 1. The van der Waals surface area contributed by atoms with Crippen LogP contribution < -0.4 is 15.4 Å². The van der Waals surface area contributed by atoms with Gasteiger partial charge in [0, 0.05) is 19.3 Å². The summed E-state index contributed by atoms with van der Waals surface area (Å²) < 4.78 is 35.1. The number of rotatable bonds is 8. The van der Waals surface area contributed by atoms with Crippen molar-refractivity contribution >= 4 is 48.5 Å². The smallest absolute Gasteiger partial charge is 0.321 e. The highest BCUT2D eigenvalue weighted by atomic mass is 32.2. The summed E-state index contributed by atoms with van der Waals surface area (Å²) in [5, 5.41) is 5.73. The number of urea groups is 1. The number of H-pyrrole nitrogens is 1. The van der Waals surface area contributed by atoms with Gasteiger partial charge in [-0.3, -0.25) is 10.1 Å². The molecule has 0 saturated carbocycles. The average molecular weight is 571 g/mol. The normalized spacial score (nSPS) is 13.8. The van der Waals surface area contributed by atoms with Crippen LogP contribution in [0.1, 0.15) is 5.82 Å². The Morgan fingerprint density at radius 2 is 1.92 bits per heavy atom. The number of fused-ring (bicyclic) bond motifs is 1. The second kappa shape index (κ2) is 11.4. The molecule has 12 nitrogen and oxygen atoms in total. The van der Waals surface area contributed by atoms with Crippen molar-refractivity contribution in [3.63, 3.8) is 0 Å². The summed E-state index contributed by atoms with van der Waals surface area (Å²) in [5.41, 5.74) is 2.22. The number of thiazole rings is 1. The van der Waals surface area contributed by atoms with Crippen molar-refractivity contribution < 1.29 is 27.5 Å². The van der Waals surface area contributed by atoms with Gasteiger partial charge in [-0.1, -0.05) is 11.3 Å². The Bertz CT molecular complexity index is 1590. The largest absolute Gasteiger partial charge is 0.484 e. The number of sulfone groups is 1. The van der Waals surface area contributed by atoms with Gasteiger partial charge in [0.2, 0.25) is 0 Å². The lowest BCUT2D eigenvalue weighted by Crippen LogP contribution is -2.42. The van der Waals surface area contributed by atoms with E-state index < -0.39 is 15.9 Å². The molecule has 2 aromatic carbocycles. The molecule has 39 heavy (non-hydrogen) atoms. The van der Waals surface area contributed by atoms with Crippen molar-refractivity contribution in [2.45, 2.75) is 11.4 Å². The Labute approximate surface area is 228 Å². The number of aromatic nitrogens is 3. The van der Waals surface area contributed by atoms with Gasteiger partial charge >= 0.3 is 6.03 Å². The maximum atomic E-state index is 12.4. The fourth-order valence-electron chi connectivity index (χ4n) is 3.87. The van der Waals surface area contributed by atoms with Crippen molar-refractivity contribution in [2.75, 3.05) is 44.5 Å². The maximum absolute atomic E-state index is 12.4. The summed E-state index contributed by atoms with van der Waals surface area (Å²) in [4.78, 5) is 38.3. The monoisotopic (exact) mass is 570 g/mol. The fraction of sp³-hybridized carbons (Fsp3) is 0.280. The zero-order valence-electron chi connectivity index (χ0n) is 21.0. The predicted molar refractivity (Wildman–Crippen MR) is 146 cm³/mol. The molecule has 3 heterocycles. The Morgan fingerprint density at radius 1 is 1.15 bits per heavy atom. The molecule has 1 aliphatic heterocycles. The molecule has 5 rings (SSSR count). The molecule has 14 heteroatoms. The van der Waals surface area contributed by atoms with Gasteiger partial charge in [0.25, 0.3) is 5.91 Å². The van der Waals surface area contributed by atoms with E-state index >= 15 is 0 Å². The third kappa shape index (κ3) is 6.71. The van der Waals surface area contributed by atoms with E-state index in [1.165, 1.54) is 17.4 Å². The summed E-state index contributed by atoms with van der Waals surface area (Å²) >= 11 is 1.18. The van der Waals surface area contributed by atoms with Crippen LogP contribution >= 0.6 is 11.3 Å². The number of imidazole rings is 1. The number of anilines is 1. The molecule has 1 aliphatic rings. The standard InChI is InChI=1S/C25H26N6O6S2/c1-39(34,35)18-6-7-19-21(12-18)38-25(29-19)30-24(33)27-14-22-26-13-20(28-22)16-2-4-17(5-3-16)37-15-23(32)31-8-10-36-11-9-31/h2-7,12-13H,8-11,14-15H2,1H3,(H,26,28)(H2,27,29,30,33). The van der Waals surface area contributed by atoms with E-state index in [2.05, 4.69) is 25.6 Å². The van der Waals surface area contributed by atoms with Crippen LogP contribution in [-0.2, 0) is 25.9 Å². The van der Waals surface area contributed by atoms with Gasteiger partial charge in [0.15, 0.2) is 21.6 Å². The molecule has 0 bridgehead atoms. The molecular weight excluding hydrogens is 544 g/mol. The lowest BCUT2D eigenvalue weighted by Gasteiger charge is -2.26. The number of nitrogens with one attached hydrogen (secondary N) is 3. The van der Waals surface area contributed by atoms with Crippen LogP contribution in [0.2, 0.25) is 0 Å². The van der Waals surface area contributed by atoms with Gasteiger partial charge in [-0.25, -0.2) is 23.2 Å². The highest BCUT2D eigenvalue weighted by Gasteiger charge is 2.17. The van der Waals surface area contributed by atoms with Crippen LogP contribution in [-0.4, -0.2) is 79.4 Å². The molecule has 0 unspecified atom stereocenters. The summed E-state index contributed by atoms with van der Waals surface area (Å²) in [6.45, 7) is 2.38. The average Bonchev–Trinajstić information content (AvgIpc) is 3.57. The fourth-order valence-corrected chi connectivity index (χ4v) is 5.50. The minimum absolute atomic E-state index is 0.0278. The van der Waals surface area contributed by atoms with Gasteiger partial charge in [0.05, 0.1) is 46.8 Å². The summed E-state index contributed by atoms with van der Waals surface area (Å²) in [7, 11) is -3.33. The zero-order chi connectivity index (χ0) is 27.4. The van der Waals surface area contributed by atoms with Gasteiger partial charge in [0.1, 0.15) is 11.6 Å². The highest BCUT2D eigenvalue weighted by Crippen LogP contribution is 2.28. The molecule has 0 atom stereocenters. The number of nitrogens with zero attached hydrogens (tertiary/aromatic N) is 3. The summed E-state index contributed by atoms with van der Waals surface area (Å²) in [6.07, 6.45) is 2.81. The molecule has 0 spiro atoms. The van der Waals surface area contributed by atoms with Crippen LogP contribution in [0.5, 0.6) is 5.75 Å². The van der Waals surface area contributed by atoms with Crippen molar-refractivity contribution in [3.05, 3.63) is 54.5 Å². The minimum Gasteiger partial charge on any atom is -0.484 e. The lowest BCUT2D eigenvalue weighted by molar-refractivity contribution is -0.137. The number of morpholine rings is 1. The van der Waals surface area contributed by atoms with E-state index in [0.717, 1.165) is 17.5 Å². The molecule has 1 fully saturated rings. The van der Waals surface area contributed by atoms with E-state index in [0.29, 0.717) is 53.2 Å². The van der Waals surface area contributed by atoms with E-state index in [9.17, 15) is 18.0 Å². The number of carbonyl (C=O) groups is 2. The molecule has 0 aliphatic carbocycles. The SMILES string of the molecule is CS(=O)(=O)c1ccc2nc(NC(=O)NCc3ncc(-c4ccc(OCC(=O)N5CCOCC5)cc4)[nH]3)sc2c1. The molecule has 2 aromatic heterocycles. The van der Waals surface area contributed by atoms with E-state index in [-0.39, 0.29) is 24.0 Å². The Hall–Kier alpha value is -4.01. The minimum atomic E-state index is -3.33. The number of hydrogen-bond acceptors (Lipinski definition) is 9. The Kier molecular flexibility index (Phi) is 7.77. The summed E-state index contributed by atoms with van der Waals surface area (Å²) in [5.74, 6) is 1.07. The van der Waals surface area contributed by atoms with Crippen LogP contribution in [0.3, 0.4) is 0 Å². The van der Waals surface area contributed by atoms with Gasteiger partial charge in [-0.2, -0.15) is 0 Å². The predicted octanol–water partition coefficient (Wildman–Crippen LogP) is 2.65. The highest BCUT2D eigenvalue weighted by molar-refractivity contribution is 7.90. The number of benzene rings is 2. The number of ether oxygens (including phenoxy) is 2. The van der Waals surface area contributed by atoms with Gasteiger partial charge in [-0.05, 0) is 48.0 Å². The van der Waals surface area contributed by atoms with Crippen molar-refractivity contribution in [1.29, 1.82) is 0 Å². The first-order valence-corrected chi connectivity index (χ1v) is 14.7. The zero-order valence-corrected chi connectivity index (χ0v) is 22.6. The molecular formula is C25H26N6O6S2. The molecule has 204 valence electrons. The molecule has 4 aromatic rings. The molecule has 3 N–H and O–H groups in total. The third-order valence-corrected chi connectivity index (χ3v) is 7.99. The quantitative estimate of drug-likeness (QED) is 0.292. The molecule has 3 amide bonds. The van der Waals surface area contributed by atoms with Crippen molar-refractivity contribution in [2.24, 2.45) is 0 Å². The first-order chi connectivity index (χ1) is 18.7. The van der Waals surface area contributed by atoms with Crippen LogP contribution in [0, 0.1) is 0 Å². The topological polar surface area (TPSA) is 156 Å². The molecule has 0 radical (unpaired) electrons. The van der Waals surface area contributed by atoms with Crippen LogP contribution in [0.4, 0.5) is 9.93 Å². The first kappa shape index (κ1) is 26.6. The number of hydrogen-bond donors (Lipinski definition) is 3. The number of amides is 3. The third-order valence-electron chi connectivity index (χ3n) is 5.94. The van der Waals surface area contributed by atoms with Crippen LogP contribution in [0.15, 0.2) is 53.6 Å². The van der Waals surface area contributed by atoms with Gasteiger partial charge < -0.3 is 24.7 Å². The second-order valence-electron chi connectivity index (χ2n) is 8.78. The second-order valence-corrected chi connectivity index (χ2v) is 11.8. The lowest BCUT2D eigenvalue weighted by atomic mass is 10.2. The van der Waals surface area contributed by atoms with Crippen LogP contribution in [0.25, 0.3) is 21.5 Å².